The van der Waals surface area contributed by atoms with Crippen LogP contribution < -0.4 is 14.2 Å². The van der Waals surface area contributed by atoms with Gasteiger partial charge in [-0.05, 0) is 37.1 Å². The van der Waals surface area contributed by atoms with E-state index >= 15 is 0 Å². The van der Waals surface area contributed by atoms with Crippen molar-refractivity contribution in [3.8, 4) is 17.2 Å². The average molecular weight is 311 g/mol. The molecule has 4 heteroatoms. The lowest BCUT2D eigenvalue weighted by molar-refractivity contribution is 0.166. The van der Waals surface area contributed by atoms with Gasteiger partial charge in [-0.15, -0.1) is 0 Å². The Morgan fingerprint density at radius 3 is 2.83 bits per heavy atom. The minimum Gasteiger partial charge on any atom is -0.492 e. The van der Waals surface area contributed by atoms with Crippen molar-refractivity contribution in [1.82, 2.24) is 4.90 Å². The smallest absolute Gasteiger partial charge is 0.231 e. The highest BCUT2D eigenvalue weighted by Gasteiger charge is 2.25. The molecule has 0 amide bonds. The molecule has 2 aromatic carbocycles. The van der Waals surface area contributed by atoms with Gasteiger partial charge in [-0.25, -0.2) is 0 Å². The van der Waals surface area contributed by atoms with Gasteiger partial charge in [-0.1, -0.05) is 30.3 Å². The second-order valence-electron chi connectivity index (χ2n) is 6.08. The van der Waals surface area contributed by atoms with Gasteiger partial charge in [0.2, 0.25) is 6.79 Å². The maximum absolute atomic E-state index is 6.01. The first-order valence-electron chi connectivity index (χ1n) is 8.19. The van der Waals surface area contributed by atoms with E-state index in [0.29, 0.717) is 19.4 Å². The Morgan fingerprint density at radius 2 is 1.91 bits per heavy atom. The molecular formula is C19H21NO3. The summed E-state index contributed by atoms with van der Waals surface area (Å²) in [6.45, 7) is 3.15. The van der Waals surface area contributed by atoms with Crippen LogP contribution in [-0.4, -0.2) is 30.9 Å². The van der Waals surface area contributed by atoms with E-state index in [0.717, 1.165) is 30.3 Å². The number of ether oxygens (including phenoxy) is 3. The zero-order valence-corrected chi connectivity index (χ0v) is 13.1. The molecule has 0 unspecified atom stereocenters. The van der Waals surface area contributed by atoms with E-state index < -0.39 is 0 Å². The van der Waals surface area contributed by atoms with Gasteiger partial charge in [0.25, 0.3) is 0 Å². The van der Waals surface area contributed by atoms with Crippen LogP contribution in [0.5, 0.6) is 17.2 Å². The third-order valence-corrected chi connectivity index (χ3v) is 4.51. The van der Waals surface area contributed by atoms with Crippen LogP contribution >= 0.6 is 0 Å². The van der Waals surface area contributed by atoms with Crippen LogP contribution in [-0.2, 0) is 6.54 Å². The molecule has 1 atom stereocenters. The van der Waals surface area contributed by atoms with Crippen LogP contribution in [0.3, 0.4) is 0 Å². The maximum Gasteiger partial charge on any atom is 0.231 e. The second kappa shape index (κ2) is 6.50. The molecular weight excluding hydrogens is 290 g/mol. The Kier molecular flexibility index (Phi) is 4.07. The van der Waals surface area contributed by atoms with E-state index in [9.17, 15) is 0 Å². The molecule has 2 aromatic rings. The minimum absolute atomic E-state index is 0.298. The largest absolute Gasteiger partial charge is 0.492 e. The Labute approximate surface area is 136 Å². The molecule has 0 saturated carbocycles. The average Bonchev–Trinajstić information content (AvgIpc) is 3.22. The molecule has 1 saturated heterocycles. The van der Waals surface area contributed by atoms with Crippen molar-refractivity contribution in [3.63, 3.8) is 0 Å². The van der Waals surface area contributed by atoms with Gasteiger partial charge in [0.15, 0.2) is 11.5 Å². The van der Waals surface area contributed by atoms with Crippen molar-refractivity contribution in [2.45, 2.75) is 25.4 Å². The van der Waals surface area contributed by atoms with Crippen molar-refractivity contribution < 1.29 is 14.2 Å². The Hall–Kier alpha value is -2.20. The number of fused-ring (bicyclic) bond motifs is 1. The summed E-state index contributed by atoms with van der Waals surface area (Å²) >= 11 is 0. The molecule has 0 N–H and O–H groups in total. The van der Waals surface area contributed by atoms with E-state index in [-0.39, 0.29) is 0 Å². The lowest BCUT2D eigenvalue weighted by Crippen LogP contribution is -2.33. The minimum atomic E-state index is 0.298. The van der Waals surface area contributed by atoms with Crippen molar-refractivity contribution in [2.75, 3.05) is 19.9 Å². The fraction of sp³-hybridized carbons (Fsp3) is 0.368. The van der Waals surface area contributed by atoms with Gasteiger partial charge in [-0.2, -0.15) is 0 Å². The summed E-state index contributed by atoms with van der Waals surface area (Å²) in [5.41, 5.74) is 1.36. The number of likely N-dealkylation sites (tertiary alicyclic amines) is 1. The lowest BCUT2D eigenvalue weighted by atomic mass is 10.2. The van der Waals surface area contributed by atoms with Crippen molar-refractivity contribution in [3.05, 3.63) is 54.1 Å². The topological polar surface area (TPSA) is 30.9 Å². The molecule has 4 nitrogen and oxygen atoms in total. The molecule has 0 bridgehead atoms. The van der Waals surface area contributed by atoms with Crippen LogP contribution in [0.15, 0.2) is 48.5 Å². The number of hydrogen-bond donors (Lipinski definition) is 0. The second-order valence-corrected chi connectivity index (χ2v) is 6.08. The molecule has 0 radical (unpaired) electrons. The standard InChI is InChI=1S/C19H21NO3/c1-2-5-15(6-3-1)12-20-10-4-7-16(20)13-21-17-8-9-18-19(11-17)23-14-22-18/h1-3,5-6,8-9,11,16H,4,7,10,12-14H2/t16-/m1/s1. The maximum atomic E-state index is 6.01. The molecule has 0 aliphatic carbocycles. The molecule has 2 aliphatic heterocycles. The molecule has 0 aromatic heterocycles. The number of rotatable bonds is 5. The van der Waals surface area contributed by atoms with E-state index in [1.54, 1.807) is 0 Å². The van der Waals surface area contributed by atoms with Crippen LogP contribution in [0.2, 0.25) is 0 Å². The molecule has 0 spiro atoms. The van der Waals surface area contributed by atoms with Crippen molar-refractivity contribution in [1.29, 1.82) is 0 Å². The van der Waals surface area contributed by atoms with Crippen LogP contribution in [0.25, 0.3) is 0 Å². The first-order chi connectivity index (χ1) is 11.4. The Balaban J connectivity index is 1.36. The monoisotopic (exact) mass is 311 g/mol. The molecule has 2 heterocycles. The summed E-state index contributed by atoms with van der Waals surface area (Å²) in [6, 6.07) is 16.9. The third-order valence-electron chi connectivity index (χ3n) is 4.51. The first kappa shape index (κ1) is 14.4. The normalized spacial score (nSPS) is 19.9. The van der Waals surface area contributed by atoms with Crippen LogP contribution in [0.1, 0.15) is 18.4 Å². The van der Waals surface area contributed by atoms with Crippen LogP contribution in [0.4, 0.5) is 0 Å². The lowest BCUT2D eigenvalue weighted by Gasteiger charge is -2.24. The van der Waals surface area contributed by atoms with E-state index in [1.807, 2.05) is 18.2 Å². The predicted molar refractivity (Wildman–Crippen MR) is 87.9 cm³/mol. The van der Waals surface area contributed by atoms with Gasteiger partial charge in [0.1, 0.15) is 12.4 Å². The highest BCUT2D eigenvalue weighted by molar-refractivity contribution is 5.46. The summed E-state index contributed by atoms with van der Waals surface area (Å²) in [7, 11) is 0. The first-order valence-corrected chi connectivity index (χ1v) is 8.19. The highest BCUT2D eigenvalue weighted by Crippen LogP contribution is 2.35. The number of nitrogens with zero attached hydrogens (tertiary/aromatic N) is 1. The molecule has 1 fully saturated rings. The molecule has 23 heavy (non-hydrogen) atoms. The quantitative estimate of drug-likeness (QED) is 0.846. The van der Waals surface area contributed by atoms with Crippen molar-refractivity contribution >= 4 is 0 Å². The van der Waals surface area contributed by atoms with Gasteiger partial charge in [0.05, 0.1) is 0 Å². The zero-order valence-electron chi connectivity index (χ0n) is 13.1. The van der Waals surface area contributed by atoms with E-state index in [1.165, 1.54) is 18.4 Å². The summed E-state index contributed by atoms with van der Waals surface area (Å²) in [5, 5.41) is 0. The highest BCUT2D eigenvalue weighted by atomic mass is 16.7. The Morgan fingerprint density at radius 1 is 1.04 bits per heavy atom. The van der Waals surface area contributed by atoms with Crippen LogP contribution in [0, 0.1) is 0 Å². The zero-order chi connectivity index (χ0) is 15.5. The molecule has 2 aliphatic rings. The fourth-order valence-corrected chi connectivity index (χ4v) is 3.27. The van der Waals surface area contributed by atoms with Crippen molar-refractivity contribution in [2.24, 2.45) is 0 Å². The molecule has 4 rings (SSSR count). The number of hydrogen-bond acceptors (Lipinski definition) is 4. The van der Waals surface area contributed by atoms with Gasteiger partial charge < -0.3 is 14.2 Å². The van der Waals surface area contributed by atoms with Gasteiger partial charge in [0, 0.05) is 18.7 Å². The summed E-state index contributed by atoms with van der Waals surface area (Å²) < 4.78 is 16.7. The van der Waals surface area contributed by atoms with E-state index in [4.69, 9.17) is 14.2 Å². The third kappa shape index (κ3) is 3.27. The Bertz CT molecular complexity index is 659. The van der Waals surface area contributed by atoms with Gasteiger partial charge in [-0.3, -0.25) is 4.90 Å². The number of benzene rings is 2. The summed E-state index contributed by atoms with van der Waals surface area (Å²) in [5.74, 6) is 2.42. The van der Waals surface area contributed by atoms with Gasteiger partial charge >= 0.3 is 0 Å². The summed E-state index contributed by atoms with van der Waals surface area (Å²) in [6.07, 6.45) is 2.43. The summed E-state index contributed by atoms with van der Waals surface area (Å²) in [4.78, 5) is 2.52. The van der Waals surface area contributed by atoms with E-state index in [2.05, 4.69) is 35.2 Å². The predicted octanol–water partition coefficient (Wildman–Crippen LogP) is 3.46. The fourth-order valence-electron chi connectivity index (χ4n) is 3.27. The molecule has 120 valence electrons. The SMILES string of the molecule is c1ccc(CN2CCC[C@@H]2COc2ccc3c(c2)OCO3)cc1.